The molecule has 0 saturated carbocycles. The van der Waals surface area contributed by atoms with E-state index in [1.807, 2.05) is 43.3 Å². The van der Waals surface area contributed by atoms with Crippen molar-refractivity contribution in [1.82, 2.24) is 14.9 Å². The number of benzene rings is 1. The maximum Gasteiger partial charge on any atom is 0.161 e. The monoisotopic (exact) mass is 326 g/mol. The standard InChI is InChI=1S/C19H26N4O/c1-15-12-18(22-19(21-15)17-7-3-2-4-8-17)20-9-11-23-10-5-6-16(13-23)14-24/h2-4,7-8,12,16,24H,5-6,9-11,13-14H2,1H3,(H,20,21,22). The van der Waals surface area contributed by atoms with Crippen molar-refractivity contribution in [2.24, 2.45) is 5.92 Å². The summed E-state index contributed by atoms with van der Waals surface area (Å²) >= 11 is 0. The first-order valence-electron chi connectivity index (χ1n) is 8.73. The van der Waals surface area contributed by atoms with E-state index < -0.39 is 0 Å². The Labute approximate surface area is 143 Å². The summed E-state index contributed by atoms with van der Waals surface area (Å²) in [5.74, 6) is 2.07. The number of nitrogens with one attached hydrogen (secondary N) is 1. The van der Waals surface area contributed by atoms with Gasteiger partial charge in [-0.3, -0.25) is 0 Å². The molecule has 2 heterocycles. The number of anilines is 1. The predicted octanol–water partition coefficient (Wildman–Crippen LogP) is 2.57. The Hall–Kier alpha value is -1.98. The molecule has 1 fully saturated rings. The second-order valence-electron chi connectivity index (χ2n) is 6.50. The van der Waals surface area contributed by atoms with Gasteiger partial charge in [-0.15, -0.1) is 0 Å². The Balaban J connectivity index is 1.58. The van der Waals surface area contributed by atoms with Gasteiger partial charge in [0.1, 0.15) is 5.82 Å². The van der Waals surface area contributed by atoms with E-state index in [1.165, 1.54) is 6.42 Å². The quantitative estimate of drug-likeness (QED) is 0.854. The van der Waals surface area contributed by atoms with E-state index in [1.54, 1.807) is 0 Å². The summed E-state index contributed by atoms with van der Waals surface area (Å²) in [6.45, 7) is 6.24. The summed E-state index contributed by atoms with van der Waals surface area (Å²) in [5, 5.41) is 12.7. The van der Waals surface area contributed by atoms with Crippen LogP contribution in [0.1, 0.15) is 18.5 Å². The fourth-order valence-corrected chi connectivity index (χ4v) is 3.22. The maximum atomic E-state index is 9.32. The zero-order valence-electron chi connectivity index (χ0n) is 14.3. The van der Waals surface area contributed by atoms with E-state index in [4.69, 9.17) is 0 Å². The van der Waals surface area contributed by atoms with E-state index in [-0.39, 0.29) is 0 Å². The van der Waals surface area contributed by atoms with Gasteiger partial charge < -0.3 is 15.3 Å². The molecule has 5 heteroatoms. The summed E-state index contributed by atoms with van der Waals surface area (Å²) in [6, 6.07) is 12.0. The molecule has 24 heavy (non-hydrogen) atoms. The van der Waals surface area contributed by atoms with Crippen molar-refractivity contribution in [1.29, 1.82) is 0 Å². The number of hydrogen-bond acceptors (Lipinski definition) is 5. The van der Waals surface area contributed by atoms with Crippen molar-refractivity contribution < 1.29 is 5.11 Å². The summed E-state index contributed by atoms with van der Waals surface area (Å²) in [6.07, 6.45) is 2.32. The van der Waals surface area contributed by atoms with Gasteiger partial charge in [0.2, 0.25) is 0 Å². The minimum atomic E-state index is 0.301. The van der Waals surface area contributed by atoms with Crippen molar-refractivity contribution in [3.8, 4) is 11.4 Å². The van der Waals surface area contributed by atoms with E-state index in [9.17, 15) is 5.11 Å². The van der Waals surface area contributed by atoms with Crippen LogP contribution in [0.3, 0.4) is 0 Å². The van der Waals surface area contributed by atoms with Crippen LogP contribution in [0.5, 0.6) is 0 Å². The summed E-state index contributed by atoms with van der Waals surface area (Å²) in [5.41, 5.74) is 2.00. The normalized spacial score (nSPS) is 18.5. The lowest BCUT2D eigenvalue weighted by Gasteiger charge is -2.31. The van der Waals surface area contributed by atoms with Gasteiger partial charge in [-0.1, -0.05) is 30.3 Å². The number of aliphatic hydroxyl groups is 1. The Morgan fingerprint density at radius 3 is 2.88 bits per heavy atom. The fourth-order valence-electron chi connectivity index (χ4n) is 3.22. The summed E-state index contributed by atoms with van der Waals surface area (Å²) in [4.78, 5) is 11.6. The molecule has 1 aromatic carbocycles. The molecular formula is C19H26N4O. The van der Waals surface area contributed by atoms with E-state index in [2.05, 4.69) is 20.2 Å². The molecule has 1 aliphatic rings. The number of nitrogens with zero attached hydrogens (tertiary/aromatic N) is 3. The van der Waals surface area contributed by atoms with Crippen molar-refractivity contribution in [3.63, 3.8) is 0 Å². The van der Waals surface area contributed by atoms with Crippen molar-refractivity contribution in [2.75, 3.05) is 38.1 Å². The average molecular weight is 326 g/mol. The Morgan fingerprint density at radius 1 is 1.25 bits per heavy atom. The van der Waals surface area contributed by atoms with Gasteiger partial charge in [0, 0.05) is 43.6 Å². The molecule has 2 N–H and O–H groups in total. The number of aliphatic hydroxyl groups excluding tert-OH is 1. The second-order valence-corrected chi connectivity index (χ2v) is 6.50. The first kappa shape index (κ1) is 16.9. The minimum absolute atomic E-state index is 0.301. The van der Waals surface area contributed by atoms with Crippen LogP contribution < -0.4 is 5.32 Å². The number of hydrogen-bond donors (Lipinski definition) is 2. The molecule has 0 aliphatic carbocycles. The summed E-state index contributed by atoms with van der Waals surface area (Å²) in [7, 11) is 0. The van der Waals surface area contributed by atoms with Gasteiger partial charge in [0.25, 0.3) is 0 Å². The number of rotatable bonds is 6. The number of piperidine rings is 1. The highest BCUT2D eigenvalue weighted by Crippen LogP contribution is 2.18. The predicted molar refractivity (Wildman–Crippen MR) is 96.9 cm³/mol. The molecule has 128 valence electrons. The third kappa shape index (κ3) is 4.52. The molecule has 1 aliphatic heterocycles. The Bertz CT molecular complexity index is 647. The molecule has 1 aromatic heterocycles. The van der Waals surface area contributed by atoms with Crippen LogP contribution in [-0.2, 0) is 0 Å². The SMILES string of the molecule is Cc1cc(NCCN2CCCC(CO)C2)nc(-c2ccccc2)n1. The summed E-state index contributed by atoms with van der Waals surface area (Å²) < 4.78 is 0. The second kappa shape index (κ2) is 8.22. The van der Waals surface area contributed by atoms with E-state index in [0.29, 0.717) is 12.5 Å². The van der Waals surface area contributed by atoms with Crippen LogP contribution in [0.25, 0.3) is 11.4 Å². The van der Waals surface area contributed by atoms with Gasteiger partial charge in [0.05, 0.1) is 0 Å². The molecule has 1 saturated heterocycles. The topological polar surface area (TPSA) is 61.3 Å². The first-order valence-corrected chi connectivity index (χ1v) is 8.73. The zero-order chi connectivity index (χ0) is 16.8. The highest BCUT2D eigenvalue weighted by molar-refractivity contribution is 5.57. The number of likely N-dealkylation sites (tertiary alicyclic amines) is 1. The highest BCUT2D eigenvalue weighted by atomic mass is 16.3. The third-order valence-corrected chi connectivity index (χ3v) is 4.48. The first-order chi connectivity index (χ1) is 11.7. The molecule has 0 bridgehead atoms. The van der Waals surface area contributed by atoms with Crippen LogP contribution in [0.15, 0.2) is 36.4 Å². The molecule has 0 radical (unpaired) electrons. The molecule has 5 nitrogen and oxygen atoms in total. The lowest BCUT2D eigenvalue weighted by molar-refractivity contribution is 0.123. The van der Waals surface area contributed by atoms with Crippen LogP contribution in [0.2, 0.25) is 0 Å². The van der Waals surface area contributed by atoms with Gasteiger partial charge in [-0.2, -0.15) is 0 Å². The van der Waals surface area contributed by atoms with E-state index in [0.717, 1.165) is 55.5 Å². The van der Waals surface area contributed by atoms with Gasteiger partial charge in [0.15, 0.2) is 5.82 Å². The molecule has 0 spiro atoms. The lowest BCUT2D eigenvalue weighted by Crippen LogP contribution is -2.39. The van der Waals surface area contributed by atoms with Crippen molar-refractivity contribution >= 4 is 5.82 Å². The van der Waals surface area contributed by atoms with Gasteiger partial charge in [-0.05, 0) is 32.2 Å². The largest absolute Gasteiger partial charge is 0.396 e. The Kier molecular flexibility index (Phi) is 5.77. The third-order valence-electron chi connectivity index (χ3n) is 4.48. The van der Waals surface area contributed by atoms with E-state index >= 15 is 0 Å². The molecule has 2 aromatic rings. The number of aryl methyl sites for hydroxylation is 1. The number of aromatic nitrogens is 2. The Morgan fingerprint density at radius 2 is 2.08 bits per heavy atom. The zero-order valence-corrected chi connectivity index (χ0v) is 14.3. The fraction of sp³-hybridized carbons (Fsp3) is 0.474. The highest BCUT2D eigenvalue weighted by Gasteiger charge is 2.18. The molecule has 0 amide bonds. The molecule has 1 atom stereocenters. The van der Waals surface area contributed by atoms with Crippen LogP contribution in [0.4, 0.5) is 5.82 Å². The maximum absolute atomic E-state index is 9.32. The van der Waals surface area contributed by atoms with Gasteiger partial charge >= 0.3 is 0 Å². The molecular weight excluding hydrogens is 300 g/mol. The van der Waals surface area contributed by atoms with Crippen LogP contribution >= 0.6 is 0 Å². The smallest absolute Gasteiger partial charge is 0.161 e. The van der Waals surface area contributed by atoms with Crippen molar-refractivity contribution in [2.45, 2.75) is 19.8 Å². The van der Waals surface area contributed by atoms with Crippen LogP contribution in [-0.4, -0.2) is 52.8 Å². The average Bonchev–Trinajstić information content (AvgIpc) is 2.62. The molecule has 1 unspecified atom stereocenters. The van der Waals surface area contributed by atoms with Gasteiger partial charge in [-0.25, -0.2) is 9.97 Å². The minimum Gasteiger partial charge on any atom is -0.396 e. The van der Waals surface area contributed by atoms with Crippen molar-refractivity contribution in [3.05, 3.63) is 42.1 Å². The molecule has 3 rings (SSSR count). The van der Waals surface area contributed by atoms with Crippen LogP contribution in [0, 0.1) is 12.8 Å². The lowest BCUT2D eigenvalue weighted by atomic mass is 9.99.